The summed E-state index contributed by atoms with van der Waals surface area (Å²) in [6, 6.07) is 0.0541. The molecule has 2 fully saturated rings. The summed E-state index contributed by atoms with van der Waals surface area (Å²) in [5.41, 5.74) is 0.898. The maximum atomic E-state index is 11.9. The van der Waals surface area contributed by atoms with E-state index in [2.05, 4.69) is 20.3 Å². The molecule has 1 aliphatic heterocycles. The predicted octanol–water partition coefficient (Wildman–Crippen LogP) is 1.18. The van der Waals surface area contributed by atoms with Crippen LogP contribution in [-0.4, -0.2) is 78.7 Å². The van der Waals surface area contributed by atoms with Gasteiger partial charge in [0.05, 0.1) is 18.2 Å². The minimum absolute atomic E-state index is 0.0541. The Kier molecular flexibility index (Phi) is 7.53. The topological polar surface area (TPSA) is 158 Å². The van der Waals surface area contributed by atoms with Crippen molar-refractivity contribution in [3.8, 4) is 0 Å². The van der Waals surface area contributed by atoms with Crippen LogP contribution in [0.3, 0.4) is 0 Å². The molecule has 3 heterocycles. The van der Waals surface area contributed by atoms with E-state index in [-0.39, 0.29) is 36.6 Å². The predicted molar refractivity (Wildman–Crippen MR) is 123 cm³/mol. The number of hydrogen-bond donors (Lipinski definition) is 3. The number of ether oxygens (including phenoxy) is 3. The third kappa shape index (κ3) is 5.39. The third-order valence-electron chi connectivity index (χ3n) is 6.31. The lowest BCUT2D eigenvalue weighted by Crippen LogP contribution is -2.34. The molecule has 1 saturated carbocycles. The summed E-state index contributed by atoms with van der Waals surface area (Å²) in [6.45, 7) is 6.86. The van der Waals surface area contributed by atoms with Crippen LogP contribution in [0.1, 0.15) is 53.2 Å². The Morgan fingerprint density at radius 2 is 1.86 bits per heavy atom. The van der Waals surface area contributed by atoms with Crippen LogP contribution in [0.25, 0.3) is 11.2 Å². The summed E-state index contributed by atoms with van der Waals surface area (Å²) in [7, 11) is 0. The van der Waals surface area contributed by atoms with Crippen molar-refractivity contribution < 1.29 is 34.0 Å². The quantitative estimate of drug-likeness (QED) is 0.455. The monoisotopic (exact) mass is 491 g/mol. The lowest BCUT2D eigenvalue weighted by Gasteiger charge is -2.17. The maximum Gasteiger partial charge on any atom is 0.308 e. The summed E-state index contributed by atoms with van der Waals surface area (Å²) in [5, 5.41) is 24.4. The van der Waals surface area contributed by atoms with Crippen molar-refractivity contribution in [3.05, 3.63) is 12.7 Å². The minimum atomic E-state index is -1.27. The van der Waals surface area contributed by atoms with Crippen LogP contribution in [-0.2, 0) is 23.8 Å². The number of anilines is 1. The van der Waals surface area contributed by atoms with E-state index in [9.17, 15) is 19.8 Å². The first-order chi connectivity index (χ1) is 16.7. The molecular weight excluding hydrogens is 458 g/mol. The van der Waals surface area contributed by atoms with Crippen LogP contribution >= 0.6 is 0 Å². The molecule has 1 aliphatic carbocycles. The van der Waals surface area contributed by atoms with Gasteiger partial charge < -0.3 is 29.7 Å². The second kappa shape index (κ2) is 10.4. The van der Waals surface area contributed by atoms with E-state index < -0.39 is 30.5 Å². The summed E-state index contributed by atoms with van der Waals surface area (Å²) < 4.78 is 18.1. The van der Waals surface area contributed by atoms with Crippen molar-refractivity contribution in [1.29, 1.82) is 0 Å². The largest absolute Gasteiger partial charge is 0.463 e. The average molecular weight is 492 g/mol. The fourth-order valence-corrected chi connectivity index (χ4v) is 4.24. The number of fused-ring (bicyclic) bond motifs is 1. The van der Waals surface area contributed by atoms with Gasteiger partial charge in [0.1, 0.15) is 37.4 Å². The van der Waals surface area contributed by atoms with E-state index in [1.54, 1.807) is 13.8 Å². The van der Waals surface area contributed by atoms with Gasteiger partial charge >= 0.3 is 11.9 Å². The molecule has 4 rings (SSSR count). The number of carbonyl (C=O) groups is 2. The number of hydrogen-bond acceptors (Lipinski definition) is 11. The van der Waals surface area contributed by atoms with E-state index >= 15 is 0 Å². The van der Waals surface area contributed by atoms with Crippen molar-refractivity contribution in [2.45, 2.75) is 83.6 Å². The Morgan fingerprint density at radius 3 is 2.57 bits per heavy atom. The summed E-state index contributed by atoms with van der Waals surface area (Å²) in [5.74, 6) is -0.574. The molecule has 0 unspecified atom stereocenters. The number of aliphatic hydroxyl groups is 2. The van der Waals surface area contributed by atoms with Gasteiger partial charge in [-0.25, -0.2) is 15.0 Å². The summed E-state index contributed by atoms with van der Waals surface area (Å²) in [6.07, 6.45) is 0.583. The average Bonchev–Trinajstić information content (AvgIpc) is 3.51. The molecule has 35 heavy (non-hydrogen) atoms. The molecule has 3 N–H and O–H groups in total. The molecule has 192 valence electrons. The van der Waals surface area contributed by atoms with Gasteiger partial charge in [-0.2, -0.15) is 0 Å². The third-order valence-corrected chi connectivity index (χ3v) is 6.31. The van der Waals surface area contributed by atoms with E-state index in [1.807, 2.05) is 13.8 Å². The van der Waals surface area contributed by atoms with Crippen molar-refractivity contribution in [3.63, 3.8) is 0 Å². The Balaban J connectivity index is 1.44. The van der Waals surface area contributed by atoms with Gasteiger partial charge in [0.25, 0.3) is 0 Å². The molecule has 12 heteroatoms. The highest BCUT2D eigenvalue weighted by molar-refractivity contribution is 5.83. The molecule has 1 saturated heterocycles. The molecule has 0 spiro atoms. The van der Waals surface area contributed by atoms with Crippen LogP contribution in [0.4, 0.5) is 5.82 Å². The van der Waals surface area contributed by atoms with Crippen LogP contribution in [0.2, 0.25) is 0 Å². The molecule has 0 aromatic carbocycles. The lowest BCUT2D eigenvalue weighted by molar-refractivity contribution is -0.154. The van der Waals surface area contributed by atoms with Crippen molar-refractivity contribution in [2.75, 3.05) is 11.9 Å². The molecule has 2 aromatic heterocycles. The molecule has 6 atom stereocenters. The second-order valence-electron chi connectivity index (χ2n) is 9.75. The first-order valence-corrected chi connectivity index (χ1v) is 12.0. The first-order valence-electron chi connectivity index (χ1n) is 12.0. The minimum Gasteiger partial charge on any atom is -0.463 e. The number of imidazole rings is 1. The summed E-state index contributed by atoms with van der Waals surface area (Å²) >= 11 is 0. The Labute approximate surface area is 203 Å². The highest BCUT2D eigenvalue weighted by atomic mass is 16.6. The Hall–Kier alpha value is -2.83. The van der Waals surface area contributed by atoms with E-state index in [4.69, 9.17) is 14.2 Å². The number of aliphatic hydroxyl groups excluding tert-OH is 2. The van der Waals surface area contributed by atoms with Gasteiger partial charge in [0, 0.05) is 12.5 Å². The van der Waals surface area contributed by atoms with Gasteiger partial charge in [-0.05, 0) is 12.8 Å². The second-order valence-corrected chi connectivity index (χ2v) is 9.75. The number of nitrogens with one attached hydrogen (secondary N) is 1. The molecule has 2 aromatic rings. The highest BCUT2D eigenvalue weighted by Crippen LogP contribution is 2.33. The van der Waals surface area contributed by atoms with Crippen molar-refractivity contribution in [1.82, 2.24) is 19.5 Å². The van der Waals surface area contributed by atoms with Gasteiger partial charge in [-0.1, -0.05) is 27.7 Å². The Morgan fingerprint density at radius 1 is 1.11 bits per heavy atom. The number of carbonyl (C=O) groups excluding carboxylic acids is 2. The molecular formula is C23H33N5O7. The molecule has 2 aliphatic rings. The number of rotatable bonds is 8. The Bertz CT molecular complexity index is 1060. The first kappa shape index (κ1) is 25.3. The molecule has 0 bridgehead atoms. The normalized spacial score (nSPS) is 28.7. The zero-order valence-corrected chi connectivity index (χ0v) is 20.3. The van der Waals surface area contributed by atoms with Crippen molar-refractivity contribution in [2.24, 2.45) is 11.8 Å². The number of aromatic nitrogens is 4. The van der Waals surface area contributed by atoms with Gasteiger partial charge in [0.15, 0.2) is 23.2 Å². The SMILES string of the molecule is CC(C)C(=O)OC[C@H]1O[C@@H](n2cnc3c(N[C@@H]4CC[C@@H](OC(=O)C(C)C)C4)ncnc32)[C@H](O)[C@@H]1O. The van der Waals surface area contributed by atoms with Crippen molar-refractivity contribution >= 4 is 28.9 Å². The van der Waals surface area contributed by atoms with E-state index in [0.717, 1.165) is 12.8 Å². The van der Waals surface area contributed by atoms with Crippen LogP contribution in [0, 0.1) is 11.8 Å². The zero-order valence-electron chi connectivity index (χ0n) is 20.3. The highest BCUT2D eigenvalue weighted by Gasteiger charge is 2.45. The molecule has 12 nitrogen and oxygen atoms in total. The fourth-order valence-electron chi connectivity index (χ4n) is 4.24. The van der Waals surface area contributed by atoms with E-state index in [0.29, 0.717) is 23.4 Å². The van der Waals surface area contributed by atoms with E-state index in [1.165, 1.54) is 17.2 Å². The van der Waals surface area contributed by atoms with Crippen LogP contribution in [0.15, 0.2) is 12.7 Å². The molecule has 0 radical (unpaired) electrons. The zero-order chi connectivity index (χ0) is 25.3. The fraction of sp³-hybridized carbons (Fsp3) is 0.696. The standard InChI is InChI=1S/C23H33N5O7/c1-11(2)22(31)33-8-15-17(29)18(30)21(35-15)28-10-26-16-19(24-9-25-20(16)28)27-13-5-6-14(7-13)34-23(32)12(3)4/h9-15,17-18,21,29-30H,5-8H2,1-4H3,(H,24,25,27)/t13-,14-,15-,17-,18-,21-/m1/s1. The summed E-state index contributed by atoms with van der Waals surface area (Å²) in [4.78, 5) is 36.7. The number of esters is 2. The smallest absolute Gasteiger partial charge is 0.308 e. The molecule has 0 amide bonds. The maximum absolute atomic E-state index is 11.9. The lowest BCUT2D eigenvalue weighted by atomic mass is 10.1. The van der Waals surface area contributed by atoms with Gasteiger partial charge in [-0.15, -0.1) is 0 Å². The number of nitrogens with zero attached hydrogens (tertiary/aromatic N) is 4. The van der Waals surface area contributed by atoms with Gasteiger partial charge in [-0.3, -0.25) is 14.2 Å². The van der Waals surface area contributed by atoms with Crippen LogP contribution in [0.5, 0.6) is 0 Å². The van der Waals surface area contributed by atoms with Crippen LogP contribution < -0.4 is 5.32 Å². The van der Waals surface area contributed by atoms with Gasteiger partial charge in [0.2, 0.25) is 0 Å².